The van der Waals surface area contributed by atoms with E-state index in [1.165, 1.54) is 25.7 Å². The number of carbonyl (C=O) groups is 3. The second-order valence-corrected chi connectivity index (χ2v) is 14.8. The van der Waals surface area contributed by atoms with Crippen molar-refractivity contribution in [2.24, 2.45) is 0 Å². The average Bonchev–Trinajstić information content (AvgIpc) is 3.12. The number of hydrogen-bond acceptors (Lipinski definition) is 7. The van der Waals surface area contributed by atoms with Crippen LogP contribution >= 0.6 is 0 Å². The molecule has 0 radical (unpaired) electrons. The fraction of sp³-hybridized carbons (Fsp3) is 0.674. The van der Waals surface area contributed by atoms with E-state index in [9.17, 15) is 19.5 Å². The second-order valence-electron chi connectivity index (χ2n) is 14.8. The minimum Gasteiger partial charge on any atom is -0.544 e. The van der Waals surface area contributed by atoms with Crippen molar-refractivity contribution >= 4 is 17.9 Å². The molecule has 0 aliphatic carbocycles. The van der Waals surface area contributed by atoms with Crippen LogP contribution in [-0.4, -0.2) is 75.5 Å². The van der Waals surface area contributed by atoms with Gasteiger partial charge in [0.1, 0.15) is 12.6 Å². The molecule has 0 bridgehead atoms. The number of carbonyl (C=O) groups excluding carboxylic acids is 3. The highest BCUT2D eigenvalue weighted by molar-refractivity contribution is 5.70. The first-order chi connectivity index (χ1) is 26.1. The molecule has 8 heteroatoms. The van der Waals surface area contributed by atoms with Gasteiger partial charge in [0.2, 0.25) is 0 Å². The predicted octanol–water partition coefficient (Wildman–Crippen LogP) is 9.85. The van der Waals surface area contributed by atoms with E-state index in [1.54, 1.807) is 21.1 Å². The molecule has 0 aromatic heterocycles. The number of quaternary nitrogens is 1. The minimum absolute atomic E-state index is 0.0293. The summed E-state index contributed by atoms with van der Waals surface area (Å²) < 4.78 is 17.0. The van der Waals surface area contributed by atoms with Gasteiger partial charge in [-0.05, 0) is 64.2 Å². The zero-order valence-electron chi connectivity index (χ0n) is 34.9. The summed E-state index contributed by atoms with van der Waals surface area (Å²) in [6, 6.07) is -0.730. The summed E-state index contributed by atoms with van der Waals surface area (Å²) in [6.45, 7) is 4.45. The molecule has 0 saturated heterocycles. The smallest absolute Gasteiger partial charge is 0.306 e. The number of unbranched alkanes of at least 4 members (excludes halogenated alkanes) is 10. The second kappa shape index (κ2) is 36.7. The largest absolute Gasteiger partial charge is 0.544 e. The number of hydrogen-bond donors (Lipinski definition) is 0. The van der Waals surface area contributed by atoms with Crippen molar-refractivity contribution in [1.82, 2.24) is 0 Å². The molecular formula is C46H77NO7. The van der Waals surface area contributed by atoms with Gasteiger partial charge in [0.25, 0.3) is 0 Å². The fourth-order valence-electron chi connectivity index (χ4n) is 5.60. The van der Waals surface area contributed by atoms with Crippen LogP contribution in [0.15, 0.2) is 72.9 Å². The Morgan fingerprint density at radius 1 is 0.574 bits per heavy atom. The Hall–Kier alpha value is -3.23. The van der Waals surface area contributed by atoms with Gasteiger partial charge in [0.05, 0.1) is 40.3 Å². The monoisotopic (exact) mass is 756 g/mol. The third-order valence-electron chi connectivity index (χ3n) is 8.86. The highest BCUT2D eigenvalue weighted by Gasteiger charge is 2.25. The number of nitrogens with zero attached hydrogens (tertiary/aromatic N) is 1. The van der Waals surface area contributed by atoms with E-state index in [0.717, 1.165) is 89.9 Å². The molecule has 0 amide bonds. The Morgan fingerprint density at radius 3 is 1.54 bits per heavy atom. The fourth-order valence-corrected chi connectivity index (χ4v) is 5.60. The van der Waals surface area contributed by atoms with Gasteiger partial charge in [0, 0.05) is 19.3 Å². The third-order valence-corrected chi connectivity index (χ3v) is 8.86. The summed E-state index contributed by atoms with van der Waals surface area (Å²) in [7, 11) is 5.38. The normalized spacial score (nSPS) is 13.7. The number of esters is 2. The molecule has 0 aromatic rings. The maximum atomic E-state index is 12.6. The molecular weight excluding hydrogens is 679 g/mol. The molecule has 0 aliphatic heterocycles. The van der Waals surface area contributed by atoms with Crippen molar-refractivity contribution in [3.8, 4) is 0 Å². The third kappa shape index (κ3) is 34.5. The zero-order chi connectivity index (χ0) is 40.0. The molecule has 54 heavy (non-hydrogen) atoms. The lowest BCUT2D eigenvalue weighted by atomic mass is 10.1. The van der Waals surface area contributed by atoms with Crippen LogP contribution in [0.2, 0.25) is 0 Å². The highest BCUT2D eigenvalue weighted by atomic mass is 16.6. The molecule has 308 valence electrons. The van der Waals surface area contributed by atoms with Gasteiger partial charge in [-0.1, -0.05) is 138 Å². The van der Waals surface area contributed by atoms with Gasteiger partial charge in [-0.25, -0.2) is 0 Å². The lowest BCUT2D eigenvalue weighted by Gasteiger charge is -2.34. The van der Waals surface area contributed by atoms with Crippen molar-refractivity contribution in [3.63, 3.8) is 0 Å². The number of aliphatic carboxylic acids is 1. The zero-order valence-corrected chi connectivity index (χ0v) is 34.9. The SMILES string of the molecule is CC/C=C/C/C=C/C/C=C/C/C=C/C/C=C/C/C=C/CCCCCCC(=O)OCC(COCCC(C(=O)[O-])[N+](C)(C)C)OC(=O)CCCCCCCCC. The van der Waals surface area contributed by atoms with Crippen LogP contribution in [0.4, 0.5) is 0 Å². The van der Waals surface area contributed by atoms with Crippen molar-refractivity contribution in [2.75, 3.05) is 41.0 Å². The van der Waals surface area contributed by atoms with Gasteiger partial charge in [-0.15, -0.1) is 0 Å². The number of carboxylic acid groups (broad SMARTS) is 1. The van der Waals surface area contributed by atoms with E-state index < -0.39 is 18.1 Å². The Kier molecular flexibility index (Phi) is 34.5. The van der Waals surface area contributed by atoms with Crippen LogP contribution in [0.5, 0.6) is 0 Å². The number of allylic oxidation sites excluding steroid dienone is 12. The lowest BCUT2D eigenvalue weighted by Crippen LogP contribution is -2.55. The van der Waals surface area contributed by atoms with E-state index in [4.69, 9.17) is 14.2 Å². The molecule has 0 fully saturated rings. The van der Waals surface area contributed by atoms with Crippen molar-refractivity contribution in [3.05, 3.63) is 72.9 Å². The number of ether oxygens (including phenoxy) is 3. The van der Waals surface area contributed by atoms with Crippen molar-refractivity contribution < 1.29 is 38.2 Å². The summed E-state index contributed by atoms with van der Waals surface area (Å²) in [5, 5.41) is 11.6. The molecule has 0 rings (SSSR count). The Bertz CT molecular complexity index is 1110. The molecule has 0 heterocycles. The molecule has 0 N–H and O–H groups in total. The highest BCUT2D eigenvalue weighted by Crippen LogP contribution is 2.12. The standard InChI is InChI=1S/C46H77NO7/c1-6-8-10-12-14-15-16-17-18-19-20-21-22-23-24-25-26-27-28-29-31-32-34-36-44(48)53-41-42(40-52-39-38-43(46(50)51)47(3,4)5)54-45(49)37-35-33-30-13-11-9-7-2/h8,10,14-15,17-18,20-21,23-24,26-27,42-43H,6-7,9,11-13,16,19,22,25,28-41H2,1-5H3/b10-8+,15-14+,18-17+,21-20+,24-23+,27-26+. The quantitative estimate of drug-likeness (QED) is 0.0272. The molecule has 2 atom stereocenters. The van der Waals surface area contributed by atoms with E-state index in [1.807, 2.05) is 0 Å². The average molecular weight is 756 g/mol. The first kappa shape index (κ1) is 50.8. The Labute approximate surface area is 330 Å². The number of carboxylic acids is 1. The molecule has 0 saturated carbocycles. The Balaban J connectivity index is 4.27. The van der Waals surface area contributed by atoms with Crippen molar-refractivity contribution in [1.29, 1.82) is 0 Å². The number of rotatable bonds is 36. The maximum absolute atomic E-state index is 12.6. The van der Waals surface area contributed by atoms with Gasteiger partial charge >= 0.3 is 11.9 Å². The van der Waals surface area contributed by atoms with Gasteiger partial charge in [-0.2, -0.15) is 0 Å². The van der Waals surface area contributed by atoms with Crippen LogP contribution in [0, 0.1) is 0 Å². The first-order valence-corrected chi connectivity index (χ1v) is 21.0. The summed E-state index contributed by atoms with van der Waals surface area (Å²) in [6.07, 6.45) is 45.2. The maximum Gasteiger partial charge on any atom is 0.306 e. The van der Waals surface area contributed by atoms with Crippen LogP contribution < -0.4 is 5.11 Å². The summed E-state index contributed by atoms with van der Waals surface area (Å²) in [4.78, 5) is 36.6. The van der Waals surface area contributed by atoms with Gasteiger partial charge < -0.3 is 28.6 Å². The summed E-state index contributed by atoms with van der Waals surface area (Å²) in [5.41, 5.74) is 0. The van der Waals surface area contributed by atoms with Crippen LogP contribution in [0.1, 0.15) is 149 Å². The minimum atomic E-state index is -1.13. The lowest BCUT2D eigenvalue weighted by molar-refractivity contribution is -0.889. The van der Waals surface area contributed by atoms with E-state index in [0.29, 0.717) is 12.8 Å². The van der Waals surface area contributed by atoms with Crippen LogP contribution in [0.3, 0.4) is 0 Å². The van der Waals surface area contributed by atoms with Gasteiger partial charge in [-0.3, -0.25) is 9.59 Å². The van der Waals surface area contributed by atoms with Crippen molar-refractivity contribution in [2.45, 2.75) is 161 Å². The van der Waals surface area contributed by atoms with Crippen LogP contribution in [-0.2, 0) is 28.6 Å². The van der Waals surface area contributed by atoms with E-state index >= 15 is 0 Å². The first-order valence-electron chi connectivity index (χ1n) is 21.0. The molecule has 0 spiro atoms. The van der Waals surface area contributed by atoms with E-state index in [-0.39, 0.29) is 42.7 Å². The van der Waals surface area contributed by atoms with E-state index in [2.05, 4.69) is 86.8 Å². The summed E-state index contributed by atoms with van der Waals surface area (Å²) >= 11 is 0. The molecule has 2 unspecified atom stereocenters. The molecule has 0 aliphatic rings. The molecule has 0 aromatic carbocycles. The summed E-state index contributed by atoms with van der Waals surface area (Å²) in [5.74, 6) is -1.78. The molecule has 8 nitrogen and oxygen atoms in total. The predicted molar refractivity (Wildman–Crippen MR) is 222 cm³/mol. The Morgan fingerprint density at radius 2 is 1.04 bits per heavy atom. The number of likely N-dealkylation sites (N-methyl/N-ethyl adjacent to an activating group) is 1. The van der Waals surface area contributed by atoms with Crippen LogP contribution in [0.25, 0.3) is 0 Å². The topological polar surface area (TPSA) is 102 Å². The van der Waals surface area contributed by atoms with Gasteiger partial charge in [0.15, 0.2) is 6.10 Å².